The molecule has 6 nitrogen and oxygen atoms in total. The van der Waals surface area contributed by atoms with Gasteiger partial charge in [-0.05, 0) is 62.6 Å². The molecule has 0 spiro atoms. The first-order valence-corrected chi connectivity index (χ1v) is 11.1. The maximum atomic E-state index is 12.8. The van der Waals surface area contributed by atoms with Crippen LogP contribution in [0, 0.1) is 20.8 Å². The molecule has 0 radical (unpaired) electrons. The number of ether oxygens (including phenoxy) is 1. The molecule has 6 heteroatoms. The van der Waals surface area contributed by atoms with Crippen LogP contribution < -0.4 is 5.32 Å². The van der Waals surface area contributed by atoms with Crippen LogP contribution in [0.5, 0.6) is 0 Å². The Morgan fingerprint density at radius 2 is 1.90 bits per heavy atom. The van der Waals surface area contributed by atoms with Gasteiger partial charge in [0.05, 0.1) is 31.0 Å². The first kappa shape index (κ1) is 21.5. The molecule has 1 aromatic carbocycles. The number of nitrogens with zero attached hydrogens (tertiary/aromatic N) is 3. The summed E-state index contributed by atoms with van der Waals surface area (Å²) in [5.74, 6) is 0.0374. The number of rotatable bonds is 7. The molecule has 164 valence electrons. The number of hydrogen-bond donors (Lipinski definition) is 1. The zero-order chi connectivity index (χ0) is 21.8. The summed E-state index contributed by atoms with van der Waals surface area (Å²) < 4.78 is 7.45. The van der Waals surface area contributed by atoms with Crippen molar-refractivity contribution in [2.24, 2.45) is 0 Å². The molecule has 1 saturated heterocycles. The van der Waals surface area contributed by atoms with Gasteiger partial charge in [-0.3, -0.25) is 9.69 Å². The Morgan fingerprint density at radius 3 is 2.68 bits per heavy atom. The zero-order valence-corrected chi connectivity index (χ0v) is 18.8. The van der Waals surface area contributed by atoms with Crippen molar-refractivity contribution in [2.75, 3.05) is 39.4 Å². The van der Waals surface area contributed by atoms with Gasteiger partial charge in [0, 0.05) is 31.4 Å². The molecule has 1 fully saturated rings. The second-order valence-corrected chi connectivity index (χ2v) is 8.43. The van der Waals surface area contributed by atoms with Crippen LogP contribution in [0.25, 0.3) is 16.9 Å². The highest BCUT2D eigenvalue weighted by Crippen LogP contribution is 2.28. The SMILES string of the molecule is Cc1ccc(-c2nc3c(C)cccn3c2CC(=O)NCCCN2CCOCC2)cc1C. The Kier molecular flexibility index (Phi) is 6.68. The molecule has 3 aromatic rings. The maximum Gasteiger partial charge on any atom is 0.226 e. The molecular weight excluding hydrogens is 388 g/mol. The van der Waals surface area contributed by atoms with Gasteiger partial charge in [0.1, 0.15) is 5.65 Å². The van der Waals surface area contributed by atoms with Gasteiger partial charge >= 0.3 is 0 Å². The summed E-state index contributed by atoms with van der Waals surface area (Å²) in [6, 6.07) is 10.5. The summed E-state index contributed by atoms with van der Waals surface area (Å²) in [6.45, 7) is 11.5. The van der Waals surface area contributed by atoms with E-state index in [0.717, 1.165) is 67.4 Å². The van der Waals surface area contributed by atoms with Crippen LogP contribution in [0.2, 0.25) is 0 Å². The molecule has 0 atom stereocenters. The van der Waals surface area contributed by atoms with Crippen LogP contribution in [0.1, 0.15) is 28.8 Å². The van der Waals surface area contributed by atoms with Gasteiger partial charge in [-0.2, -0.15) is 0 Å². The fourth-order valence-corrected chi connectivity index (χ4v) is 4.11. The Hall–Kier alpha value is -2.70. The lowest BCUT2D eigenvalue weighted by Crippen LogP contribution is -2.38. The highest BCUT2D eigenvalue weighted by atomic mass is 16.5. The molecule has 1 aliphatic rings. The third-order valence-corrected chi connectivity index (χ3v) is 6.13. The average Bonchev–Trinajstić information content (AvgIpc) is 3.14. The maximum absolute atomic E-state index is 12.8. The number of aryl methyl sites for hydroxylation is 3. The monoisotopic (exact) mass is 420 g/mol. The number of carbonyl (C=O) groups is 1. The zero-order valence-electron chi connectivity index (χ0n) is 18.8. The summed E-state index contributed by atoms with van der Waals surface area (Å²) in [6.07, 6.45) is 3.26. The van der Waals surface area contributed by atoms with E-state index in [-0.39, 0.29) is 5.91 Å². The Morgan fingerprint density at radius 1 is 1.10 bits per heavy atom. The van der Waals surface area contributed by atoms with Crippen LogP contribution in [0.15, 0.2) is 36.5 Å². The summed E-state index contributed by atoms with van der Waals surface area (Å²) in [5.41, 5.74) is 7.37. The van der Waals surface area contributed by atoms with Crippen molar-refractivity contribution < 1.29 is 9.53 Å². The normalized spacial score (nSPS) is 14.8. The van der Waals surface area contributed by atoms with Gasteiger partial charge in [-0.25, -0.2) is 4.98 Å². The molecule has 0 aliphatic carbocycles. The van der Waals surface area contributed by atoms with E-state index in [1.54, 1.807) is 0 Å². The summed E-state index contributed by atoms with van der Waals surface area (Å²) >= 11 is 0. The minimum atomic E-state index is 0.0374. The molecule has 31 heavy (non-hydrogen) atoms. The number of carbonyl (C=O) groups excluding carboxylic acids is 1. The predicted octanol–water partition coefficient (Wildman–Crippen LogP) is 3.31. The third-order valence-electron chi connectivity index (χ3n) is 6.13. The average molecular weight is 421 g/mol. The van der Waals surface area contributed by atoms with Crippen LogP contribution in [0.3, 0.4) is 0 Å². The number of hydrogen-bond acceptors (Lipinski definition) is 4. The molecule has 1 N–H and O–H groups in total. The molecule has 4 rings (SSSR count). The number of fused-ring (bicyclic) bond motifs is 1. The van der Waals surface area contributed by atoms with Gasteiger partial charge in [0.15, 0.2) is 0 Å². The van der Waals surface area contributed by atoms with Crippen LogP contribution in [-0.4, -0.2) is 59.6 Å². The molecular formula is C25H32N4O2. The topological polar surface area (TPSA) is 58.9 Å². The van der Waals surface area contributed by atoms with Crippen molar-refractivity contribution in [3.8, 4) is 11.3 Å². The first-order valence-electron chi connectivity index (χ1n) is 11.1. The van der Waals surface area contributed by atoms with Crippen LogP contribution in [0.4, 0.5) is 0 Å². The fourth-order valence-electron chi connectivity index (χ4n) is 4.11. The van der Waals surface area contributed by atoms with Crippen molar-refractivity contribution in [3.05, 3.63) is 58.9 Å². The third kappa shape index (κ3) is 4.97. The van der Waals surface area contributed by atoms with Crippen molar-refractivity contribution in [1.29, 1.82) is 0 Å². The van der Waals surface area contributed by atoms with Gasteiger partial charge in [-0.1, -0.05) is 18.2 Å². The lowest BCUT2D eigenvalue weighted by atomic mass is 10.0. The quantitative estimate of drug-likeness (QED) is 0.596. The molecule has 0 bridgehead atoms. The fraction of sp³-hybridized carbons (Fsp3) is 0.440. The van der Waals surface area contributed by atoms with Gasteiger partial charge < -0.3 is 14.5 Å². The Balaban J connectivity index is 1.49. The number of imidazole rings is 1. The van der Waals surface area contributed by atoms with Crippen molar-refractivity contribution in [2.45, 2.75) is 33.6 Å². The summed E-state index contributed by atoms with van der Waals surface area (Å²) in [5, 5.41) is 3.10. The minimum absolute atomic E-state index is 0.0374. The number of aromatic nitrogens is 2. The van der Waals surface area contributed by atoms with E-state index in [2.05, 4.69) is 59.7 Å². The molecule has 1 aliphatic heterocycles. The smallest absolute Gasteiger partial charge is 0.226 e. The lowest BCUT2D eigenvalue weighted by molar-refractivity contribution is -0.120. The minimum Gasteiger partial charge on any atom is -0.379 e. The predicted molar refractivity (Wildman–Crippen MR) is 123 cm³/mol. The number of benzene rings is 1. The summed E-state index contributed by atoms with van der Waals surface area (Å²) in [7, 11) is 0. The van der Waals surface area contributed by atoms with E-state index in [0.29, 0.717) is 13.0 Å². The van der Waals surface area contributed by atoms with Crippen molar-refractivity contribution in [1.82, 2.24) is 19.6 Å². The van der Waals surface area contributed by atoms with Crippen LogP contribution >= 0.6 is 0 Å². The highest BCUT2D eigenvalue weighted by Gasteiger charge is 2.18. The summed E-state index contributed by atoms with van der Waals surface area (Å²) in [4.78, 5) is 20.1. The Bertz CT molecular complexity index is 1070. The Labute approximate surface area is 184 Å². The number of amides is 1. The van der Waals surface area contributed by atoms with E-state index in [4.69, 9.17) is 9.72 Å². The second kappa shape index (κ2) is 9.62. The lowest BCUT2D eigenvalue weighted by Gasteiger charge is -2.26. The standard InChI is InChI=1S/C25H32N4O2/c1-18-7-8-21(16-20(18)3)24-22(29-11-4-6-19(2)25(29)27-24)17-23(30)26-9-5-10-28-12-14-31-15-13-28/h4,6-8,11,16H,5,9-10,12-15,17H2,1-3H3,(H,26,30). The van der Waals surface area contributed by atoms with E-state index in [1.165, 1.54) is 11.1 Å². The number of morpholine rings is 1. The molecule has 1 amide bonds. The van der Waals surface area contributed by atoms with Crippen molar-refractivity contribution in [3.63, 3.8) is 0 Å². The number of nitrogens with one attached hydrogen (secondary N) is 1. The molecule has 0 unspecified atom stereocenters. The largest absolute Gasteiger partial charge is 0.379 e. The van der Waals surface area contributed by atoms with Gasteiger partial charge in [0.2, 0.25) is 5.91 Å². The van der Waals surface area contributed by atoms with E-state index in [9.17, 15) is 4.79 Å². The molecule has 2 aromatic heterocycles. The van der Waals surface area contributed by atoms with Gasteiger partial charge in [0.25, 0.3) is 0 Å². The molecule has 3 heterocycles. The van der Waals surface area contributed by atoms with E-state index < -0.39 is 0 Å². The molecule has 0 saturated carbocycles. The van der Waals surface area contributed by atoms with E-state index >= 15 is 0 Å². The van der Waals surface area contributed by atoms with Crippen LogP contribution in [-0.2, 0) is 16.0 Å². The highest BCUT2D eigenvalue weighted by molar-refractivity contribution is 5.82. The van der Waals surface area contributed by atoms with Gasteiger partial charge in [-0.15, -0.1) is 0 Å². The van der Waals surface area contributed by atoms with Crippen molar-refractivity contribution >= 4 is 11.6 Å². The number of pyridine rings is 1. The second-order valence-electron chi connectivity index (χ2n) is 8.43. The van der Waals surface area contributed by atoms with E-state index in [1.807, 2.05) is 12.3 Å². The first-order chi connectivity index (χ1) is 15.0.